The van der Waals surface area contributed by atoms with Crippen LogP contribution in [0.25, 0.3) is 6.08 Å². The van der Waals surface area contributed by atoms with Crippen molar-refractivity contribution in [2.75, 3.05) is 11.9 Å². The van der Waals surface area contributed by atoms with Gasteiger partial charge in [-0.05, 0) is 29.8 Å². The molecule has 0 aliphatic heterocycles. The fraction of sp³-hybridized carbons (Fsp3) is 0.100. The van der Waals surface area contributed by atoms with Crippen LogP contribution in [-0.4, -0.2) is 33.7 Å². The summed E-state index contributed by atoms with van der Waals surface area (Å²) >= 11 is 0. The Morgan fingerprint density at radius 3 is 2.59 bits per heavy atom. The maximum atomic E-state index is 11.7. The summed E-state index contributed by atoms with van der Waals surface area (Å²) in [6, 6.07) is 19.6. The molecule has 1 amide bonds. The minimum atomic E-state index is -0.225. The minimum absolute atomic E-state index is 0.152. The van der Waals surface area contributed by atoms with Crippen LogP contribution in [-0.2, 0) is 11.3 Å². The highest BCUT2D eigenvalue weighted by Crippen LogP contribution is 2.04. The molecule has 0 radical (unpaired) electrons. The monoisotopic (exact) mass is 360 g/mol. The van der Waals surface area contributed by atoms with Crippen LogP contribution >= 0.6 is 0 Å². The first-order valence-corrected chi connectivity index (χ1v) is 8.51. The highest BCUT2D eigenvalue weighted by Gasteiger charge is 1.99. The Balaban J connectivity index is 1.40. The molecule has 0 saturated heterocycles. The summed E-state index contributed by atoms with van der Waals surface area (Å²) in [6.07, 6.45) is 6.81. The van der Waals surface area contributed by atoms with E-state index >= 15 is 0 Å². The van der Waals surface area contributed by atoms with Gasteiger partial charge < -0.3 is 5.32 Å². The van der Waals surface area contributed by atoms with Crippen LogP contribution in [0.3, 0.4) is 0 Å². The van der Waals surface area contributed by atoms with Gasteiger partial charge in [-0.2, -0.15) is 5.10 Å². The molecule has 1 heterocycles. The van der Waals surface area contributed by atoms with Gasteiger partial charge in [-0.1, -0.05) is 53.7 Å². The smallest absolute Gasteiger partial charge is 0.259 e. The van der Waals surface area contributed by atoms with E-state index < -0.39 is 0 Å². The number of nitrogens with one attached hydrogen (secondary N) is 2. The van der Waals surface area contributed by atoms with Crippen LogP contribution in [0.2, 0.25) is 0 Å². The zero-order chi connectivity index (χ0) is 18.7. The largest absolute Gasteiger partial charge is 0.376 e. The Morgan fingerprint density at radius 1 is 1.07 bits per heavy atom. The fourth-order valence-electron chi connectivity index (χ4n) is 2.31. The molecular weight excluding hydrogens is 340 g/mol. The SMILES string of the molecule is O=C(CNc1ccccc1)N/N=C/C=C/c1cn(Cc2ccccc2)nn1. The van der Waals surface area contributed by atoms with E-state index in [1.54, 1.807) is 16.8 Å². The molecule has 3 aromatic rings. The highest BCUT2D eigenvalue weighted by atomic mass is 16.2. The number of anilines is 1. The zero-order valence-corrected chi connectivity index (χ0v) is 14.7. The van der Waals surface area contributed by atoms with Gasteiger partial charge in [0.25, 0.3) is 5.91 Å². The van der Waals surface area contributed by atoms with Gasteiger partial charge in [-0.25, -0.2) is 10.1 Å². The third kappa shape index (κ3) is 6.24. The summed E-state index contributed by atoms with van der Waals surface area (Å²) < 4.78 is 1.77. The lowest BCUT2D eigenvalue weighted by molar-refractivity contribution is -0.119. The second kappa shape index (κ2) is 9.67. The number of nitrogens with zero attached hydrogens (tertiary/aromatic N) is 4. The summed E-state index contributed by atoms with van der Waals surface area (Å²) in [4.78, 5) is 11.7. The quantitative estimate of drug-likeness (QED) is 0.478. The maximum Gasteiger partial charge on any atom is 0.259 e. The van der Waals surface area contributed by atoms with Crippen molar-refractivity contribution in [3.8, 4) is 0 Å². The van der Waals surface area contributed by atoms with Gasteiger partial charge in [0.15, 0.2) is 0 Å². The number of amides is 1. The molecular formula is C20H20N6O. The second-order valence-electron chi connectivity index (χ2n) is 5.72. The third-order valence-corrected chi connectivity index (χ3v) is 3.59. The number of carbonyl (C=O) groups is 1. The van der Waals surface area contributed by atoms with E-state index in [9.17, 15) is 4.79 Å². The van der Waals surface area contributed by atoms with Gasteiger partial charge in [-0.3, -0.25) is 4.79 Å². The maximum absolute atomic E-state index is 11.7. The molecule has 2 aromatic carbocycles. The summed E-state index contributed by atoms with van der Waals surface area (Å²) in [5.41, 5.74) is 5.21. The number of benzene rings is 2. The van der Waals surface area contributed by atoms with Crippen molar-refractivity contribution in [3.05, 3.63) is 84.2 Å². The van der Waals surface area contributed by atoms with Gasteiger partial charge in [0.1, 0.15) is 5.69 Å². The molecule has 0 unspecified atom stereocenters. The van der Waals surface area contributed by atoms with E-state index in [-0.39, 0.29) is 12.5 Å². The summed E-state index contributed by atoms with van der Waals surface area (Å²) in [7, 11) is 0. The fourth-order valence-corrected chi connectivity index (χ4v) is 2.31. The van der Waals surface area contributed by atoms with Crippen LogP contribution in [0.5, 0.6) is 0 Å². The predicted octanol–water partition coefficient (Wildman–Crippen LogP) is 2.55. The van der Waals surface area contributed by atoms with Crippen LogP contribution in [0.1, 0.15) is 11.3 Å². The first-order valence-electron chi connectivity index (χ1n) is 8.51. The van der Waals surface area contributed by atoms with E-state index in [0.717, 1.165) is 16.9 Å². The lowest BCUT2D eigenvalue weighted by Crippen LogP contribution is -2.25. The molecule has 0 atom stereocenters. The standard InChI is InChI=1S/C20H20N6O/c27-20(14-21-18-10-5-2-6-11-18)24-22-13-7-12-19-16-26(25-23-19)15-17-8-3-1-4-9-17/h1-13,16,21H,14-15H2,(H,24,27)/b12-7+,22-13+. The van der Waals surface area contributed by atoms with Crippen LogP contribution < -0.4 is 10.7 Å². The first-order chi connectivity index (χ1) is 13.3. The van der Waals surface area contributed by atoms with E-state index in [1.807, 2.05) is 66.9 Å². The van der Waals surface area contributed by atoms with Gasteiger partial charge >= 0.3 is 0 Å². The van der Waals surface area contributed by atoms with E-state index in [0.29, 0.717) is 6.54 Å². The molecule has 1 aromatic heterocycles. The minimum Gasteiger partial charge on any atom is -0.376 e. The summed E-state index contributed by atoms with van der Waals surface area (Å²) in [5, 5.41) is 15.0. The molecule has 0 aliphatic carbocycles. The van der Waals surface area contributed by atoms with Crippen molar-refractivity contribution in [3.63, 3.8) is 0 Å². The van der Waals surface area contributed by atoms with Crippen molar-refractivity contribution in [2.24, 2.45) is 5.10 Å². The summed E-state index contributed by atoms with van der Waals surface area (Å²) in [6.45, 7) is 0.819. The Bertz CT molecular complexity index is 902. The lowest BCUT2D eigenvalue weighted by atomic mass is 10.2. The molecule has 0 fully saturated rings. The number of aromatic nitrogens is 3. The Kier molecular flexibility index (Phi) is 6.47. The number of carbonyl (C=O) groups excluding carboxylic acids is 1. The van der Waals surface area contributed by atoms with Crippen molar-refractivity contribution in [2.45, 2.75) is 6.54 Å². The van der Waals surface area contributed by atoms with E-state index in [4.69, 9.17) is 0 Å². The number of hydrogen-bond acceptors (Lipinski definition) is 5. The number of para-hydroxylation sites is 1. The molecule has 27 heavy (non-hydrogen) atoms. The molecule has 0 bridgehead atoms. The Hall–Kier alpha value is -3.74. The summed E-state index contributed by atoms with van der Waals surface area (Å²) in [5.74, 6) is -0.225. The van der Waals surface area contributed by atoms with Crippen molar-refractivity contribution < 1.29 is 4.79 Å². The highest BCUT2D eigenvalue weighted by molar-refractivity contribution is 5.83. The Morgan fingerprint density at radius 2 is 1.81 bits per heavy atom. The topological polar surface area (TPSA) is 84.2 Å². The number of rotatable bonds is 8. The van der Waals surface area contributed by atoms with Crippen LogP contribution in [0.4, 0.5) is 5.69 Å². The van der Waals surface area contributed by atoms with E-state index in [2.05, 4.69) is 26.2 Å². The molecule has 0 aliphatic rings. The molecule has 3 rings (SSSR count). The number of hydrazone groups is 1. The average molecular weight is 360 g/mol. The second-order valence-corrected chi connectivity index (χ2v) is 5.72. The van der Waals surface area contributed by atoms with Gasteiger partial charge in [-0.15, -0.1) is 5.10 Å². The van der Waals surface area contributed by atoms with Crippen molar-refractivity contribution in [1.29, 1.82) is 0 Å². The first kappa shape index (κ1) is 18.1. The average Bonchev–Trinajstić information content (AvgIpc) is 3.15. The zero-order valence-electron chi connectivity index (χ0n) is 14.7. The molecule has 7 heteroatoms. The van der Waals surface area contributed by atoms with Crippen molar-refractivity contribution in [1.82, 2.24) is 20.4 Å². The third-order valence-electron chi connectivity index (χ3n) is 3.59. The van der Waals surface area contributed by atoms with Gasteiger partial charge in [0.05, 0.1) is 19.3 Å². The molecule has 0 saturated carbocycles. The van der Waals surface area contributed by atoms with Gasteiger partial charge in [0, 0.05) is 11.9 Å². The van der Waals surface area contributed by atoms with Gasteiger partial charge in [0.2, 0.25) is 0 Å². The van der Waals surface area contributed by atoms with E-state index in [1.165, 1.54) is 6.21 Å². The van der Waals surface area contributed by atoms with Crippen LogP contribution in [0, 0.1) is 0 Å². The van der Waals surface area contributed by atoms with Crippen LogP contribution in [0.15, 0.2) is 78.0 Å². The normalized spacial score (nSPS) is 11.1. The molecule has 136 valence electrons. The Labute approximate surface area is 157 Å². The molecule has 0 spiro atoms. The molecule has 7 nitrogen and oxygen atoms in total. The predicted molar refractivity (Wildman–Crippen MR) is 106 cm³/mol. The molecule has 2 N–H and O–H groups in total. The lowest BCUT2D eigenvalue weighted by Gasteiger charge is -2.03. The van der Waals surface area contributed by atoms with Crippen molar-refractivity contribution >= 4 is 23.9 Å². The number of allylic oxidation sites excluding steroid dienone is 1. The number of hydrogen-bond donors (Lipinski definition) is 2.